The highest BCUT2D eigenvalue weighted by Crippen LogP contribution is 2.49. The van der Waals surface area contributed by atoms with Crippen LogP contribution in [0.1, 0.15) is 66.8 Å². The molecule has 0 N–H and O–H groups in total. The molecule has 0 saturated carbocycles. The van der Waals surface area contributed by atoms with E-state index >= 15 is 13.2 Å². The molecule has 0 aliphatic heterocycles. The number of alkyl halides is 9. The van der Waals surface area contributed by atoms with Crippen molar-refractivity contribution in [3.05, 3.63) is 285 Å². The number of nitriles is 1. The maximum atomic E-state index is 15.9. The van der Waals surface area contributed by atoms with Crippen molar-refractivity contribution in [3.8, 4) is 51.1 Å². The zero-order valence-corrected chi connectivity index (χ0v) is 54.4. The van der Waals surface area contributed by atoms with Crippen molar-refractivity contribution in [1.29, 1.82) is 5.26 Å². The highest BCUT2D eigenvalue weighted by Gasteiger charge is 2.41. The molecule has 0 fully saturated rings. The molecule has 0 saturated heterocycles. The number of benzene rings is 12. The van der Waals surface area contributed by atoms with Gasteiger partial charge in [0.25, 0.3) is 0 Å². The van der Waals surface area contributed by atoms with Gasteiger partial charge in [0.1, 0.15) is 17.2 Å². The van der Waals surface area contributed by atoms with E-state index in [-0.39, 0.29) is 28.1 Å². The minimum atomic E-state index is -4.91. The summed E-state index contributed by atoms with van der Waals surface area (Å²) in [6, 6.07) is 66.1. The maximum absolute atomic E-state index is 15.9. The Labute approximate surface area is 557 Å². The van der Waals surface area contributed by atoms with Crippen LogP contribution < -0.4 is 0 Å². The molecule has 4 heterocycles. The van der Waals surface area contributed by atoms with Crippen molar-refractivity contribution in [2.45, 2.75) is 73.9 Å². The lowest BCUT2D eigenvalue weighted by molar-refractivity contribution is -0.138. The second-order valence-corrected chi connectivity index (χ2v) is 26.0. The van der Waals surface area contributed by atoms with Crippen molar-refractivity contribution in [2.75, 3.05) is 0 Å². The van der Waals surface area contributed by atoms with E-state index in [0.717, 1.165) is 122 Å². The topological polar surface area (TPSA) is 43.5 Å². The molecule has 0 unspecified atom stereocenters. The fourth-order valence-corrected chi connectivity index (χ4v) is 14.7. The molecule has 0 bridgehead atoms. The second-order valence-electron chi connectivity index (χ2n) is 26.0. The summed E-state index contributed by atoms with van der Waals surface area (Å²) >= 11 is 0. The summed E-state index contributed by atoms with van der Waals surface area (Å²) in [5.74, 6) is 0. The summed E-state index contributed by atoms with van der Waals surface area (Å²) in [4.78, 5) is 0. The van der Waals surface area contributed by atoms with Gasteiger partial charge in [0.05, 0.1) is 78.0 Å². The summed E-state index contributed by atoms with van der Waals surface area (Å²) in [5.41, 5.74) is 12.1. The molecule has 0 radical (unpaired) electrons. The largest absolute Gasteiger partial charge is 0.420 e. The molecule has 0 amide bonds. The minimum absolute atomic E-state index is 0.0133. The van der Waals surface area contributed by atoms with Gasteiger partial charge in [-0.25, -0.2) is 0 Å². The van der Waals surface area contributed by atoms with Gasteiger partial charge in [-0.1, -0.05) is 129 Å². The standard InChI is InChI=1S/C42H30F6N2.C42H30F3N3/c1-23-9-13-34-29(17-23)30-18-24(2)10-14-35(30)49(34)38-21-27(28-7-5-6-8-33(28)41(43,44)45)22-39(40(38)42(46,47)48)50-36-15-11-25(3)19-31(36)32-20-26(4)12-16-37(32)50;1-24-9-13-36-30(17-24)31-18-25(2)10-14-37(31)47(36)40-21-28(29-7-5-6-8-35(29)42(43,44)45)22-41(34(40)23-46)48-38-15-11-26(3)19-32(38)33-20-27(4)12-16-39(33)48/h5-22H,1-4H3;5-22H,1-4H3. The Bertz CT molecular complexity index is 5540. The quantitative estimate of drug-likeness (QED) is 0.153. The molecule has 4 aromatic heterocycles. The Balaban J connectivity index is 0.000000160. The van der Waals surface area contributed by atoms with E-state index in [2.05, 4.69) is 30.3 Å². The van der Waals surface area contributed by atoms with Crippen LogP contribution >= 0.6 is 0 Å². The predicted molar refractivity (Wildman–Crippen MR) is 379 cm³/mol. The molecule has 12 aromatic carbocycles. The van der Waals surface area contributed by atoms with Crippen molar-refractivity contribution in [2.24, 2.45) is 0 Å². The number of rotatable bonds is 6. The van der Waals surface area contributed by atoms with E-state index in [1.54, 1.807) is 51.6 Å². The van der Waals surface area contributed by atoms with Gasteiger partial charge >= 0.3 is 18.5 Å². The zero-order chi connectivity index (χ0) is 68.8. The number of halogens is 9. The van der Waals surface area contributed by atoms with E-state index in [0.29, 0.717) is 44.6 Å². The van der Waals surface area contributed by atoms with Crippen molar-refractivity contribution in [1.82, 2.24) is 18.3 Å². The van der Waals surface area contributed by atoms with Crippen molar-refractivity contribution < 1.29 is 39.5 Å². The first kappa shape index (κ1) is 62.8. The number of nitrogens with zero attached hydrogens (tertiary/aromatic N) is 5. The van der Waals surface area contributed by atoms with Gasteiger partial charge in [-0.05, 0) is 211 Å². The Hall–Kier alpha value is -11.3. The molecule has 16 rings (SSSR count). The third-order valence-corrected chi connectivity index (χ3v) is 18.9. The average Bonchev–Trinajstić information content (AvgIpc) is 1.48. The molecule has 0 atom stereocenters. The molecule has 98 heavy (non-hydrogen) atoms. The zero-order valence-electron chi connectivity index (χ0n) is 54.4. The lowest BCUT2D eigenvalue weighted by Crippen LogP contribution is -2.16. The summed E-state index contributed by atoms with van der Waals surface area (Å²) < 4.78 is 142. The summed E-state index contributed by atoms with van der Waals surface area (Å²) in [5, 5.41) is 18.1. The van der Waals surface area contributed by atoms with Crippen LogP contribution in [0.15, 0.2) is 218 Å². The van der Waals surface area contributed by atoms with Crippen LogP contribution in [0.2, 0.25) is 0 Å². The van der Waals surface area contributed by atoms with Crippen LogP contribution in [0.4, 0.5) is 39.5 Å². The van der Waals surface area contributed by atoms with Crippen LogP contribution in [-0.4, -0.2) is 18.3 Å². The number of fused-ring (bicyclic) bond motifs is 12. The van der Waals surface area contributed by atoms with Gasteiger partial charge in [0, 0.05) is 43.1 Å². The molecular weight excluding hydrogens is 1250 g/mol. The molecule has 14 heteroatoms. The average molecular weight is 1310 g/mol. The Morgan fingerprint density at radius 3 is 0.694 bits per heavy atom. The van der Waals surface area contributed by atoms with E-state index in [1.165, 1.54) is 42.5 Å². The van der Waals surface area contributed by atoms with Gasteiger partial charge in [0.15, 0.2) is 0 Å². The Kier molecular flexibility index (Phi) is 14.7. The first-order chi connectivity index (χ1) is 46.7. The molecule has 0 aliphatic carbocycles. The summed E-state index contributed by atoms with van der Waals surface area (Å²) in [6.45, 7) is 15.8. The third-order valence-electron chi connectivity index (χ3n) is 18.9. The smallest absolute Gasteiger partial charge is 0.309 e. The number of hydrogen-bond donors (Lipinski definition) is 0. The van der Waals surface area contributed by atoms with Crippen LogP contribution in [0.25, 0.3) is 132 Å². The van der Waals surface area contributed by atoms with Crippen molar-refractivity contribution >= 4 is 87.2 Å². The van der Waals surface area contributed by atoms with E-state index in [4.69, 9.17) is 0 Å². The first-order valence-corrected chi connectivity index (χ1v) is 32.0. The van der Waals surface area contributed by atoms with Crippen molar-refractivity contribution in [3.63, 3.8) is 0 Å². The van der Waals surface area contributed by atoms with Gasteiger partial charge in [-0.2, -0.15) is 44.8 Å². The fraction of sp³-hybridized carbons (Fsp3) is 0.131. The number of hydrogen-bond acceptors (Lipinski definition) is 1. The fourth-order valence-electron chi connectivity index (χ4n) is 14.7. The number of aryl methyl sites for hydroxylation is 8. The van der Waals surface area contributed by atoms with Gasteiger partial charge in [-0.3, -0.25) is 0 Å². The summed E-state index contributed by atoms with van der Waals surface area (Å²) in [6.07, 6.45) is -14.2. The Morgan fingerprint density at radius 2 is 0.480 bits per heavy atom. The SMILES string of the molecule is Cc1ccc2c(c1)c1cc(C)ccc1n2-c1cc(-c2ccccc2C(F)(F)F)cc(-n2c3ccc(C)cc3c3cc(C)ccc32)c1C#N.Cc1ccc2c(c1)c1cc(C)ccc1n2-c1cc(-c2ccccc2C(F)(F)F)cc(-n2c3ccc(C)cc3c3cc(C)ccc32)c1C(F)(F)F. The lowest BCUT2D eigenvalue weighted by Gasteiger charge is -2.24. The summed E-state index contributed by atoms with van der Waals surface area (Å²) in [7, 11) is 0. The van der Waals surface area contributed by atoms with Gasteiger partial charge in [0.2, 0.25) is 0 Å². The van der Waals surface area contributed by atoms with E-state index in [9.17, 15) is 31.6 Å². The van der Waals surface area contributed by atoms with Crippen LogP contribution in [0.5, 0.6) is 0 Å². The third kappa shape index (κ3) is 10.4. The highest BCUT2D eigenvalue weighted by atomic mass is 19.4. The molecule has 16 aromatic rings. The van der Waals surface area contributed by atoms with Crippen LogP contribution in [0.3, 0.4) is 0 Å². The molecule has 0 aliphatic rings. The molecular formula is C84H60F9N5. The maximum Gasteiger partial charge on any atom is 0.420 e. The first-order valence-electron chi connectivity index (χ1n) is 32.0. The highest BCUT2D eigenvalue weighted by molar-refractivity contribution is 6.14. The van der Waals surface area contributed by atoms with E-state index < -0.39 is 35.2 Å². The number of aromatic nitrogens is 4. The monoisotopic (exact) mass is 1310 g/mol. The second kappa shape index (κ2) is 22.9. The van der Waals surface area contributed by atoms with Gasteiger partial charge in [-0.15, -0.1) is 0 Å². The van der Waals surface area contributed by atoms with E-state index in [1.807, 2.05) is 162 Å². The minimum Gasteiger partial charge on any atom is -0.309 e. The molecule has 5 nitrogen and oxygen atoms in total. The Morgan fingerprint density at radius 1 is 0.265 bits per heavy atom. The lowest BCUT2D eigenvalue weighted by atomic mass is 9.95. The van der Waals surface area contributed by atoms with Crippen LogP contribution in [-0.2, 0) is 18.5 Å². The predicted octanol–water partition coefficient (Wildman–Crippen LogP) is 24.5. The van der Waals surface area contributed by atoms with Crippen LogP contribution in [0, 0.1) is 66.7 Å². The molecule has 484 valence electrons. The molecule has 0 spiro atoms. The normalized spacial score (nSPS) is 12.3. The van der Waals surface area contributed by atoms with Gasteiger partial charge < -0.3 is 18.3 Å².